The molecule has 0 saturated carbocycles. The van der Waals surface area contributed by atoms with Gasteiger partial charge >= 0.3 is 5.97 Å². The molecule has 1 aliphatic heterocycles. The van der Waals surface area contributed by atoms with Crippen LogP contribution >= 0.6 is 0 Å². The van der Waals surface area contributed by atoms with Crippen LogP contribution in [0.1, 0.15) is 0 Å². The van der Waals surface area contributed by atoms with Crippen LogP contribution in [-0.4, -0.2) is 74.4 Å². The number of ether oxygens (including phenoxy) is 3. The molecule has 12 heteroatoms. The van der Waals surface area contributed by atoms with Crippen molar-refractivity contribution in [2.24, 2.45) is 0 Å². The molecule has 3 aromatic rings. The third kappa shape index (κ3) is 3.99. The third-order valence-corrected chi connectivity index (χ3v) is 5.36. The van der Waals surface area contributed by atoms with Crippen molar-refractivity contribution in [2.75, 3.05) is 7.11 Å². The molecule has 2 heterocycles. The number of benzene rings is 2. The molecule has 0 bridgehead atoms. The minimum atomic E-state index is -1.95. The second-order valence-electron chi connectivity index (χ2n) is 7.50. The van der Waals surface area contributed by atoms with Crippen LogP contribution in [0, 0.1) is 0 Å². The fourth-order valence-electron chi connectivity index (χ4n) is 3.53. The van der Waals surface area contributed by atoms with Crippen molar-refractivity contribution in [3.05, 3.63) is 46.6 Å². The molecule has 0 radical (unpaired) electrons. The number of phenolic OH excluding ortho intramolecular Hbond substituents is 2. The van der Waals surface area contributed by atoms with Crippen molar-refractivity contribution >= 4 is 16.9 Å². The van der Waals surface area contributed by atoms with Gasteiger partial charge in [0.15, 0.2) is 23.0 Å². The van der Waals surface area contributed by atoms with E-state index in [9.17, 15) is 35.1 Å². The molecule has 0 unspecified atom stereocenters. The van der Waals surface area contributed by atoms with Gasteiger partial charge < -0.3 is 49.3 Å². The molecule has 5 atom stereocenters. The maximum atomic E-state index is 12.6. The molecule has 0 aliphatic carbocycles. The average molecular weight is 476 g/mol. The molecule has 1 fully saturated rings. The van der Waals surface area contributed by atoms with Crippen molar-refractivity contribution in [1.29, 1.82) is 0 Å². The van der Waals surface area contributed by atoms with E-state index in [0.717, 1.165) is 12.1 Å². The summed E-state index contributed by atoms with van der Waals surface area (Å²) >= 11 is 0. The Hall–Kier alpha value is -3.84. The molecule has 6 N–H and O–H groups in total. The Morgan fingerprint density at radius 2 is 1.65 bits per heavy atom. The molecule has 12 nitrogen and oxygen atoms in total. The predicted molar refractivity (Wildman–Crippen MR) is 113 cm³/mol. The minimum Gasteiger partial charge on any atom is -0.504 e. The largest absolute Gasteiger partial charge is 0.504 e. The van der Waals surface area contributed by atoms with Crippen LogP contribution in [-0.2, 0) is 9.53 Å². The van der Waals surface area contributed by atoms with Crippen molar-refractivity contribution in [1.82, 2.24) is 0 Å². The zero-order valence-electron chi connectivity index (χ0n) is 17.5. The summed E-state index contributed by atoms with van der Waals surface area (Å²) < 4.78 is 21.1. The van der Waals surface area contributed by atoms with Gasteiger partial charge in [0, 0.05) is 17.7 Å². The number of carbonyl (C=O) groups is 1. The fraction of sp³-hybridized carbons (Fsp3) is 0.273. The highest BCUT2D eigenvalue weighted by Crippen LogP contribution is 2.42. The predicted octanol–water partition coefficient (Wildman–Crippen LogP) is 0.151. The Morgan fingerprint density at radius 3 is 2.26 bits per heavy atom. The standard InChI is InChI=1S/C22H20O12/c1-31-9-4-2-8(3-5-9)11-6-10(23)14-12(32-11)7-13(15(24)16(14)25)33-22-19(28)17(26)18(27)20(34-22)21(29)30/h2-7,17-20,22,24-28H,1H3,(H,29,30)/t17-,18-,19+,20-,22-/m0/s1. The van der Waals surface area contributed by atoms with Crippen molar-refractivity contribution in [2.45, 2.75) is 30.7 Å². The lowest BCUT2D eigenvalue weighted by Gasteiger charge is -2.38. The quantitative estimate of drug-likeness (QED) is 0.273. The third-order valence-electron chi connectivity index (χ3n) is 5.36. The smallest absolute Gasteiger partial charge is 0.335 e. The van der Waals surface area contributed by atoms with Gasteiger partial charge in [0.1, 0.15) is 40.8 Å². The van der Waals surface area contributed by atoms with Gasteiger partial charge in [-0.3, -0.25) is 4.79 Å². The van der Waals surface area contributed by atoms with E-state index in [4.69, 9.17) is 23.7 Å². The highest BCUT2D eigenvalue weighted by atomic mass is 16.7. The van der Waals surface area contributed by atoms with Gasteiger partial charge in [0.05, 0.1) is 7.11 Å². The van der Waals surface area contributed by atoms with Gasteiger partial charge in [-0.1, -0.05) is 0 Å². The first kappa shape index (κ1) is 23.3. The Kier molecular flexibility index (Phi) is 6.06. The van der Waals surface area contributed by atoms with Gasteiger partial charge in [0.2, 0.25) is 12.0 Å². The summed E-state index contributed by atoms with van der Waals surface area (Å²) in [6, 6.07) is 8.69. The number of hydrogen-bond acceptors (Lipinski definition) is 11. The van der Waals surface area contributed by atoms with E-state index in [-0.39, 0.29) is 16.7 Å². The molecule has 180 valence electrons. The second kappa shape index (κ2) is 8.83. The molecule has 34 heavy (non-hydrogen) atoms. The summed E-state index contributed by atoms with van der Waals surface area (Å²) in [4.78, 5) is 23.9. The first-order valence-corrected chi connectivity index (χ1v) is 9.88. The molecular formula is C22H20O12. The summed E-state index contributed by atoms with van der Waals surface area (Å²) in [6.45, 7) is 0. The maximum Gasteiger partial charge on any atom is 0.335 e. The number of hydrogen-bond donors (Lipinski definition) is 6. The number of aliphatic hydroxyl groups is 3. The van der Waals surface area contributed by atoms with Gasteiger partial charge in [-0.2, -0.15) is 0 Å². The number of methoxy groups -OCH3 is 1. The first-order valence-electron chi connectivity index (χ1n) is 9.88. The molecule has 1 aromatic heterocycles. The summed E-state index contributed by atoms with van der Waals surface area (Å²) in [6.07, 6.45) is -9.62. The highest BCUT2D eigenvalue weighted by Gasteiger charge is 2.48. The fourth-order valence-corrected chi connectivity index (χ4v) is 3.53. The number of aliphatic carboxylic acids is 1. The number of phenols is 2. The normalized spacial score (nSPS) is 24.6. The Morgan fingerprint density at radius 1 is 0.971 bits per heavy atom. The Balaban J connectivity index is 1.75. The van der Waals surface area contributed by atoms with Crippen LogP contribution in [0.15, 0.2) is 45.6 Å². The summed E-state index contributed by atoms with van der Waals surface area (Å²) in [5.41, 5.74) is -0.378. The lowest BCUT2D eigenvalue weighted by Crippen LogP contribution is -2.61. The molecule has 1 saturated heterocycles. The zero-order chi connectivity index (χ0) is 24.7. The van der Waals surface area contributed by atoms with Gasteiger partial charge in [-0.15, -0.1) is 0 Å². The number of fused-ring (bicyclic) bond motifs is 1. The highest BCUT2D eigenvalue weighted by molar-refractivity contribution is 5.89. The van der Waals surface area contributed by atoms with E-state index >= 15 is 0 Å². The number of carboxylic acid groups (broad SMARTS) is 1. The zero-order valence-corrected chi connectivity index (χ0v) is 17.5. The van der Waals surface area contributed by atoms with Crippen LogP contribution in [0.5, 0.6) is 23.0 Å². The molecule has 2 aromatic carbocycles. The SMILES string of the molecule is COc1ccc(-c2cc(=O)c3c(O)c(O)c(O[C@H]4O[C@H](C(=O)O)[C@@H](O)[C@H](O)[C@H]4O)cc3o2)cc1. The van der Waals surface area contributed by atoms with E-state index in [1.807, 2.05) is 0 Å². The van der Waals surface area contributed by atoms with Crippen LogP contribution in [0.3, 0.4) is 0 Å². The topological polar surface area (TPSA) is 196 Å². The molecule has 4 rings (SSSR count). The summed E-state index contributed by atoms with van der Waals surface area (Å²) in [5, 5.41) is 59.4. The monoisotopic (exact) mass is 476 g/mol. The van der Waals surface area contributed by atoms with Crippen LogP contribution in [0.4, 0.5) is 0 Å². The maximum absolute atomic E-state index is 12.6. The Labute approximate surface area is 190 Å². The second-order valence-corrected chi connectivity index (χ2v) is 7.50. The van der Waals surface area contributed by atoms with Gasteiger partial charge in [-0.05, 0) is 24.3 Å². The first-order chi connectivity index (χ1) is 16.1. The van der Waals surface area contributed by atoms with E-state index in [2.05, 4.69) is 0 Å². The van der Waals surface area contributed by atoms with Crippen LogP contribution in [0.2, 0.25) is 0 Å². The minimum absolute atomic E-state index is 0.120. The molecule has 0 spiro atoms. The van der Waals surface area contributed by atoms with Crippen molar-refractivity contribution in [3.8, 4) is 34.3 Å². The van der Waals surface area contributed by atoms with E-state index in [1.165, 1.54) is 7.11 Å². The van der Waals surface area contributed by atoms with Crippen LogP contribution in [0.25, 0.3) is 22.3 Å². The molecule has 0 amide bonds. The summed E-state index contributed by atoms with van der Waals surface area (Å²) in [7, 11) is 1.49. The number of aromatic hydroxyl groups is 2. The van der Waals surface area contributed by atoms with E-state index in [0.29, 0.717) is 11.3 Å². The van der Waals surface area contributed by atoms with Crippen molar-refractivity contribution < 1.29 is 54.1 Å². The average Bonchev–Trinajstić information content (AvgIpc) is 2.81. The lowest BCUT2D eigenvalue weighted by molar-refractivity contribution is -0.271. The molecule has 1 aliphatic rings. The van der Waals surface area contributed by atoms with Crippen LogP contribution < -0.4 is 14.9 Å². The Bertz CT molecular complexity index is 1280. The van der Waals surface area contributed by atoms with Gasteiger partial charge in [0.25, 0.3) is 0 Å². The lowest BCUT2D eigenvalue weighted by atomic mass is 9.99. The summed E-state index contributed by atoms with van der Waals surface area (Å²) in [5.74, 6) is -3.29. The number of aliphatic hydroxyl groups excluding tert-OH is 3. The van der Waals surface area contributed by atoms with Crippen molar-refractivity contribution in [3.63, 3.8) is 0 Å². The number of carboxylic acids is 1. The number of rotatable bonds is 5. The van der Waals surface area contributed by atoms with E-state index in [1.54, 1.807) is 24.3 Å². The molecular weight excluding hydrogens is 456 g/mol. The van der Waals surface area contributed by atoms with E-state index < -0.39 is 59.4 Å². The van der Waals surface area contributed by atoms with Gasteiger partial charge in [-0.25, -0.2) is 4.79 Å².